The zero-order valence-corrected chi connectivity index (χ0v) is 18.0. The average Bonchev–Trinajstić information content (AvgIpc) is 3.36. The summed E-state index contributed by atoms with van der Waals surface area (Å²) in [6.07, 6.45) is -0.589. The zero-order chi connectivity index (χ0) is 22.9. The van der Waals surface area contributed by atoms with Crippen molar-refractivity contribution in [2.75, 3.05) is 19.8 Å². The van der Waals surface area contributed by atoms with E-state index in [1.54, 1.807) is 0 Å². The fourth-order valence-corrected chi connectivity index (χ4v) is 4.21. The standard InChI is InChI=1S/C24H26N2O6/c1-23(2,20(27)25-24(21(28)29)11-12-31-14-24)26-22(30)32-13-19-17-9-5-3-7-15(17)16-8-4-6-10-18(16)19/h3-10,19H,11-14H2,1-2H3,(H,25,27)(H,26,30)(H,28,29). The van der Waals surface area contributed by atoms with Gasteiger partial charge in [0.2, 0.25) is 5.91 Å². The molecule has 2 aliphatic rings. The monoisotopic (exact) mass is 438 g/mol. The molecular formula is C24H26N2O6. The van der Waals surface area contributed by atoms with Crippen molar-refractivity contribution < 1.29 is 29.0 Å². The predicted molar refractivity (Wildman–Crippen MR) is 116 cm³/mol. The third-order valence-electron chi connectivity index (χ3n) is 6.11. The molecule has 1 fully saturated rings. The molecule has 2 amide bonds. The van der Waals surface area contributed by atoms with Gasteiger partial charge in [-0.1, -0.05) is 48.5 Å². The second-order valence-corrected chi connectivity index (χ2v) is 8.72. The smallest absolute Gasteiger partial charge is 0.408 e. The van der Waals surface area contributed by atoms with E-state index in [0.29, 0.717) is 0 Å². The van der Waals surface area contributed by atoms with Crippen LogP contribution in [0.15, 0.2) is 48.5 Å². The van der Waals surface area contributed by atoms with E-state index in [1.165, 1.54) is 13.8 Å². The number of fused-ring (bicyclic) bond motifs is 3. The summed E-state index contributed by atoms with van der Waals surface area (Å²) < 4.78 is 10.7. The first-order valence-electron chi connectivity index (χ1n) is 10.5. The highest BCUT2D eigenvalue weighted by Crippen LogP contribution is 2.44. The average molecular weight is 438 g/mol. The molecule has 2 aromatic carbocycles. The molecule has 1 heterocycles. The third kappa shape index (κ3) is 3.93. The van der Waals surface area contributed by atoms with E-state index in [0.717, 1.165) is 22.3 Å². The van der Waals surface area contributed by atoms with Crippen LogP contribution in [0.1, 0.15) is 37.3 Å². The number of amides is 2. The Bertz CT molecular complexity index is 1010. The van der Waals surface area contributed by atoms with Crippen LogP contribution in [-0.4, -0.2) is 54.0 Å². The zero-order valence-electron chi connectivity index (χ0n) is 18.0. The summed E-state index contributed by atoms with van der Waals surface area (Å²) in [5, 5.41) is 14.6. The van der Waals surface area contributed by atoms with E-state index in [9.17, 15) is 19.5 Å². The van der Waals surface area contributed by atoms with Crippen molar-refractivity contribution in [2.45, 2.75) is 37.3 Å². The third-order valence-corrected chi connectivity index (χ3v) is 6.11. The Hall–Kier alpha value is -3.39. The van der Waals surface area contributed by atoms with Crippen molar-refractivity contribution in [3.8, 4) is 11.1 Å². The van der Waals surface area contributed by atoms with Crippen molar-refractivity contribution in [3.05, 3.63) is 59.7 Å². The van der Waals surface area contributed by atoms with E-state index in [-0.39, 0.29) is 32.2 Å². The molecule has 1 aliphatic carbocycles. The molecule has 0 bridgehead atoms. The molecule has 32 heavy (non-hydrogen) atoms. The van der Waals surface area contributed by atoms with E-state index >= 15 is 0 Å². The van der Waals surface area contributed by atoms with Crippen LogP contribution in [0.5, 0.6) is 0 Å². The fraction of sp³-hybridized carbons (Fsp3) is 0.375. The Morgan fingerprint density at radius 3 is 2.22 bits per heavy atom. The Balaban J connectivity index is 1.41. The molecule has 1 unspecified atom stereocenters. The number of ether oxygens (including phenoxy) is 2. The molecule has 4 rings (SSSR count). The van der Waals surface area contributed by atoms with Gasteiger partial charge in [0.1, 0.15) is 12.1 Å². The molecule has 0 saturated carbocycles. The number of aliphatic carboxylic acids is 1. The minimum absolute atomic E-state index is 0.101. The van der Waals surface area contributed by atoms with Crippen molar-refractivity contribution in [1.82, 2.24) is 10.6 Å². The van der Waals surface area contributed by atoms with Crippen LogP contribution >= 0.6 is 0 Å². The maximum Gasteiger partial charge on any atom is 0.408 e. The number of nitrogens with one attached hydrogen (secondary N) is 2. The SMILES string of the molecule is CC(C)(NC(=O)OCC1c2ccccc2-c2ccccc21)C(=O)NC1(C(=O)O)CCOC1. The van der Waals surface area contributed by atoms with Crippen LogP contribution in [-0.2, 0) is 19.1 Å². The maximum atomic E-state index is 12.8. The normalized spacial score (nSPS) is 19.7. The van der Waals surface area contributed by atoms with Gasteiger partial charge >= 0.3 is 12.1 Å². The molecule has 8 heteroatoms. The fourth-order valence-electron chi connectivity index (χ4n) is 4.21. The Labute approximate surface area is 185 Å². The Kier molecular flexibility index (Phi) is 5.64. The van der Waals surface area contributed by atoms with Gasteiger partial charge in [0, 0.05) is 18.9 Å². The molecule has 0 radical (unpaired) electrons. The highest BCUT2D eigenvalue weighted by molar-refractivity contribution is 5.94. The number of carbonyl (C=O) groups excluding carboxylic acids is 2. The van der Waals surface area contributed by atoms with Crippen LogP contribution in [0.3, 0.4) is 0 Å². The highest BCUT2D eigenvalue weighted by Gasteiger charge is 2.46. The lowest BCUT2D eigenvalue weighted by Gasteiger charge is -2.31. The lowest BCUT2D eigenvalue weighted by molar-refractivity contribution is -0.148. The number of hydrogen-bond acceptors (Lipinski definition) is 5. The topological polar surface area (TPSA) is 114 Å². The summed E-state index contributed by atoms with van der Waals surface area (Å²) in [5.41, 5.74) is 1.54. The summed E-state index contributed by atoms with van der Waals surface area (Å²) in [5.74, 6) is -1.89. The van der Waals surface area contributed by atoms with Gasteiger partial charge in [-0.3, -0.25) is 4.79 Å². The molecular weight excluding hydrogens is 412 g/mol. The van der Waals surface area contributed by atoms with Crippen LogP contribution in [0.25, 0.3) is 11.1 Å². The van der Waals surface area contributed by atoms with Gasteiger partial charge in [-0.25, -0.2) is 9.59 Å². The maximum absolute atomic E-state index is 12.8. The van der Waals surface area contributed by atoms with Crippen LogP contribution < -0.4 is 10.6 Å². The number of benzene rings is 2. The number of rotatable bonds is 6. The number of carbonyl (C=O) groups is 3. The summed E-state index contributed by atoms with van der Waals surface area (Å²) in [6.45, 7) is 3.23. The van der Waals surface area contributed by atoms with Gasteiger partial charge < -0.3 is 25.2 Å². The molecule has 2 aromatic rings. The molecule has 8 nitrogen and oxygen atoms in total. The molecule has 0 aromatic heterocycles. The van der Waals surface area contributed by atoms with Gasteiger partial charge in [-0.2, -0.15) is 0 Å². The van der Waals surface area contributed by atoms with Crippen molar-refractivity contribution in [1.29, 1.82) is 0 Å². The summed E-state index contributed by atoms with van der Waals surface area (Å²) in [7, 11) is 0. The Morgan fingerprint density at radius 1 is 1.09 bits per heavy atom. The molecule has 3 N–H and O–H groups in total. The lowest BCUT2D eigenvalue weighted by atomic mass is 9.95. The van der Waals surface area contributed by atoms with E-state index in [2.05, 4.69) is 10.6 Å². The molecule has 1 atom stereocenters. The van der Waals surface area contributed by atoms with Gasteiger partial charge in [0.05, 0.1) is 6.61 Å². The van der Waals surface area contributed by atoms with Gasteiger partial charge in [0.15, 0.2) is 5.54 Å². The largest absolute Gasteiger partial charge is 0.479 e. The quantitative estimate of drug-likeness (QED) is 0.639. The number of carboxylic acids is 1. The Morgan fingerprint density at radius 2 is 1.69 bits per heavy atom. The van der Waals surface area contributed by atoms with Gasteiger partial charge in [-0.05, 0) is 36.1 Å². The lowest BCUT2D eigenvalue weighted by Crippen LogP contribution is -2.63. The first-order valence-corrected chi connectivity index (χ1v) is 10.5. The molecule has 0 spiro atoms. The molecule has 1 aliphatic heterocycles. The summed E-state index contributed by atoms with van der Waals surface area (Å²) >= 11 is 0. The van der Waals surface area contributed by atoms with Gasteiger partial charge in [-0.15, -0.1) is 0 Å². The number of carboxylic acid groups (broad SMARTS) is 1. The minimum atomic E-state index is -1.49. The summed E-state index contributed by atoms with van der Waals surface area (Å²) in [4.78, 5) is 36.9. The second-order valence-electron chi connectivity index (χ2n) is 8.72. The van der Waals surface area contributed by atoms with E-state index < -0.39 is 29.0 Å². The van der Waals surface area contributed by atoms with Crippen molar-refractivity contribution in [2.24, 2.45) is 0 Å². The van der Waals surface area contributed by atoms with Gasteiger partial charge in [0.25, 0.3) is 0 Å². The molecule has 168 valence electrons. The predicted octanol–water partition coefficient (Wildman–Crippen LogP) is 2.66. The second kappa shape index (κ2) is 8.27. The summed E-state index contributed by atoms with van der Waals surface area (Å²) in [6, 6.07) is 16.0. The minimum Gasteiger partial charge on any atom is -0.479 e. The highest BCUT2D eigenvalue weighted by atomic mass is 16.5. The van der Waals surface area contributed by atoms with Crippen LogP contribution in [0, 0.1) is 0 Å². The van der Waals surface area contributed by atoms with Crippen molar-refractivity contribution >= 4 is 18.0 Å². The first-order chi connectivity index (χ1) is 15.2. The van der Waals surface area contributed by atoms with Crippen LogP contribution in [0.2, 0.25) is 0 Å². The molecule has 1 saturated heterocycles. The number of hydrogen-bond donors (Lipinski definition) is 3. The van der Waals surface area contributed by atoms with E-state index in [1.807, 2.05) is 48.5 Å². The van der Waals surface area contributed by atoms with Crippen LogP contribution in [0.4, 0.5) is 4.79 Å². The van der Waals surface area contributed by atoms with E-state index in [4.69, 9.17) is 9.47 Å². The first kappa shape index (κ1) is 21.8. The number of alkyl carbamates (subject to hydrolysis) is 1. The van der Waals surface area contributed by atoms with Crippen molar-refractivity contribution in [3.63, 3.8) is 0 Å².